The first kappa shape index (κ1) is 19.0. The van der Waals surface area contributed by atoms with Crippen molar-refractivity contribution in [2.75, 3.05) is 13.2 Å². The van der Waals surface area contributed by atoms with Gasteiger partial charge in [-0.1, -0.05) is 24.3 Å². The van der Waals surface area contributed by atoms with E-state index in [1.165, 1.54) is 11.3 Å². The maximum atomic E-state index is 11.8. The molecule has 1 N–H and O–H groups in total. The van der Waals surface area contributed by atoms with E-state index in [0.717, 1.165) is 21.8 Å². The van der Waals surface area contributed by atoms with Crippen molar-refractivity contribution in [1.29, 1.82) is 0 Å². The van der Waals surface area contributed by atoms with Gasteiger partial charge in [0.25, 0.3) is 0 Å². The van der Waals surface area contributed by atoms with Gasteiger partial charge in [-0.25, -0.2) is 4.52 Å². The van der Waals surface area contributed by atoms with Crippen molar-refractivity contribution in [3.63, 3.8) is 0 Å². The van der Waals surface area contributed by atoms with Gasteiger partial charge in [-0.05, 0) is 19.4 Å². The van der Waals surface area contributed by atoms with Crippen molar-refractivity contribution in [3.8, 4) is 11.4 Å². The zero-order chi connectivity index (χ0) is 19.2. The van der Waals surface area contributed by atoms with Gasteiger partial charge < -0.3 is 10.1 Å². The molecule has 3 aromatic rings. The Labute approximate surface area is 161 Å². The van der Waals surface area contributed by atoms with Crippen LogP contribution in [-0.4, -0.2) is 39.6 Å². The molecule has 3 rings (SSSR count). The maximum absolute atomic E-state index is 11.8. The summed E-state index contributed by atoms with van der Waals surface area (Å²) in [6, 6.07) is 8.02. The molecule has 8 heteroatoms. The quantitative estimate of drug-likeness (QED) is 0.602. The highest BCUT2D eigenvalue weighted by Gasteiger charge is 2.13. The van der Waals surface area contributed by atoms with Crippen LogP contribution in [0.2, 0.25) is 0 Å². The number of nitrogens with one attached hydrogen (secondary N) is 1. The number of fused-ring (bicyclic) bond motifs is 1. The van der Waals surface area contributed by atoms with Gasteiger partial charge in [-0.3, -0.25) is 9.59 Å². The Morgan fingerprint density at radius 2 is 2.07 bits per heavy atom. The van der Waals surface area contributed by atoms with E-state index in [9.17, 15) is 9.59 Å². The summed E-state index contributed by atoms with van der Waals surface area (Å²) in [5.41, 5.74) is 3.14. The number of aryl methyl sites for hydroxylation is 1. The lowest BCUT2D eigenvalue weighted by molar-refractivity contribution is -0.144. The standard InChI is InChI=1S/C19H22N4O3S/c1-3-26-17(25)9-8-16(24)20-11-10-14-12-27-19-21-18(22-23(14)19)15-7-5-4-6-13(15)2/h4-7,12H,3,8-11H2,1-2H3,(H,20,24). The minimum Gasteiger partial charge on any atom is -0.466 e. The fourth-order valence-corrected chi connectivity index (χ4v) is 3.56. The second-order valence-corrected chi connectivity index (χ2v) is 6.91. The maximum Gasteiger partial charge on any atom is 0.306 e. The summed E-state index contributed by atoms with van der Waals surface area (Å²) in [7, 11) is 0. The predicted molar refractivity (Wildman–Crippen MR) is 104 cm³/mol. The zero-order valence-electron chi connectivity index (χ0n) is 15.4. The average molecular weight is 386 g/mol. The molecule has 1 aromatic carbocycles. The van der Waals surface area contributed by atoms with Crippen molar-refractivity contribution < 1.29 is 14.3 Å². The van der Waals surface area contributed by atoms with E-state index in [4.69, 9.17) is 4.74 Å². The van der Waals surface area contributed by atoms with Crippen LogP contribution in [0.1, 0.15) is 31.0 Å². The van der Waals surface area contributed by atoms with Crippen LogP contribution in [-0.2, 0) is 20.7 Å². The van der Waals surface area contributed by atoms with Crippen molar-refractivity contribution >= 4 is 28.2 Å². The highest BCUT2D eigenvalue weighted by atomic mass is 32.1. The third-order valence-electron chi connectivity index (χ3n) is 4.10. The average Bonchev–Trinajstić information content (AvgIpc) is 3.22. The number of rotatable bonds is 8. The largest absolute Gasteiger partial charge is 0.466 e. The van der Waals surface area contributed by atoms with Crippen molar-refractivity contribution in [2.45, 2.75) is 33.1 Å². The lowest BCUT2D eigenvalue weighted by Crippen LogP contribution is -2.26. The molecule has 1 amide bonds. The van der Waals surface area contributed by atoms with Crippen LogP contribution in [0.25, 0.3) is 16.3 Å². The molecule has 0 saturated carbocycles. The third kappa shape index (κ3) is 4.71. The molecule has 0 aliphatic rings. The Bertz CT molecular complexity index is 947. The number of thiazole rings is 1. The molecule has 27 heavy (non-hydrogen) atoms. The number of carbonyl (C=O) groups excluding carboxylic acids is 2. The Balaban J connectivity index is 1.57. The van der Waals surface area contributed by atoms with Gasteiger partial charge in [0.1, 0.15) is 0 Å². The van der Waals surface area contributed by atoms with Gasteiger partial charge in [0.2, 0.25) is 10.9 Å². The number of nitrogens with zero attached hydrogens (tertiary/aromatic N) is 3. The smallest absolute Gasteiger partial charge is 0.306 e. The van der Waals surface area contributed by atoms with Crippen LogP contribution in [0.3, 0.4) is 0 Å². The number of hydrogen-bond donors (Lipinski definition) is 1. The van der Waals surface area contributed by atoms with Crippen molar-refractivity contribution in [1.82, 2.24) is 19.9 Å². The van der Waals surface area contributed by atoms with E-state index in [-0.39, 0.29) is 24.7 Å². The molecule has 0 aliphatic carbocycles. The summed E-state index contributed by atoms with van der Waals surface area (Å²) in [5, 5.41) is 9.45. The predicted octanol–water partition coefficient (Wildman–Crippen LogP) is 2.77. The molecular weight excluding hydrogens is 364 g/mol. The number of amides is 1. The summed E-state index contributed by atoms with van der Waals surface area (Å²) in [6.07, 6.45) is 0.881. The summed E-state index contributed by atoms with van der Waals surface area (Å²) in [5.74, 6) is 0.201. The van der Waals surface area contributed by atoms with E-state index in [1.54, 1.807) is 6.92 Å². The highest BCUT2D eigenvalue weighted by Crippen LogP contribution is 2.23. The van der Waals surface area contributed by atoms with E-state index in [0.29, 0.717) is 25.4 Å². The molecule has 0 spiro atoms. The Kier molecular flexibility index (Phi) is 6.18. The first-order valence-electron chi connectivity index (χ1n) is 8.90. The van der Waals surface area contributed by atoms with Gasteiger partial charge in [-0.15, -0.1) is 16.4 Å². The number of aromatic nitrogens is 3. The Hall–Kier alpha value is -2.74. The van der Waals surface area contributed by atoms with Gasteiger partial charge in [-0.2, -0.15) is 4.98 Å². The van der Waals surface area contributed by atoms with Crippen LogP contribution >= 0.6 is 11.3 Å². The zero-order valence-corrected chi connectivity index (χ0v) is 16.2. The van der Waals surface area contributed by atoms with Crippen molar-refractivity contribution in [2.24, 2.45) is 0 Å². The van der Waals surface area contributed by atoms with Crippen LogP contribution in [0.4, 0.5) is 0 Å². The van der Waals surface area contributed by atoms with Gasteiger partial charge in [0.05, 0.1) is 18.7 Å². The van der Waals surface area contributed by atoms with Crippen LogP contribution in [0.5, 0.6) is 0 Å². The van der Waals surface area contributed by atoms with E-state index in [2.05, 4.69) is 15.4 Å². The summed E-state index contributed by atoms with van der Waals surface area (Å²) in [4.78, 5) is 28.5. The van der Waals surface area contributed by atoms with Crippen molar-refractivity contribution in [3.05, 3.63) is 40.9 Å². The molecule has 142 valence electrons. The molecule has 7 nitrogen and oxygen atoms in total. The van der Waals surface area contributed by atoms with E-state index < -0.39 is 0 Å². The third-order valence-corrected chi connectivity index (χ3v) is 4.97. The van der Waals surface area contributed by atoms with E-state index in [1.807, 2.05) is 41.1 Å². The van der Waals surface area contributed by atoms with Gasteiger partial charge in [0.15, 0.2) is 5.82 Å². The molecule has 2 aromatic heterocycles. The second kappa shape index (κ2) is 8.77. The van der Waals surface area contributed by atoms with E-state index >= 15 is 0 Å². The molecule has 2 heterocycles. The first-order chi connectivity index (χ1) is 13.1. The topological polar surface area (TPSA) is 85.6 Å². The first-order valence-corrected chi connectivity index (χ1v) is 9.78. The molecule has 0 unspecified atom stereocenters. The molecular formula is C19H22N4O3S. The SMILES string of the molecule is CCOC(=O)CCC(=O)NCCc1csc2nc(-c3ccccc3C)nn12. The minimum absolute atomic E-state index is 0.102. The molecule has 0 bridgehead atoms. The van der Waals surface area contributed by atoms with Gasteiger partial charge in [0, 0.05) is 30.3 Å². The number of carbonyl (C=O) groups is 2. The van der Waals surface area contributed by atoms with Crippen LogP contribution in [0.15, 0.2) is 29.6 Å². The Morgan fingerprint density at radius 3 is 2.85 bits per heavy atom. The second-order valence-electron chi connectivity index (χ2n) is 6.08. The Morgan fingerprint density at radius 1 is 1.26 bits per heavy atom. The highest BCUT2D eigenvalue weighted by molar-refractivity contribution is 7.15. The lowest BCUT2D eigenvalue weighted by atomic mass is 10.1. The van der Waals surface area contributed by atoms with Crippen LogP contribution in [0, 0.1) is 6.92 Å². The molecule has 0 saturated heterocycles. The lowest BCUT2D eigenvalue weighted by Gasteiger charge is -2.04. The monoisotopic (exact) mass is 386 g/mol. The number of benzene rings is 1. The van der Waals surface area contributed by atoms with Crippen LogP contribution < -0.4 is 5.32 Å². The molecule has 0 aliphatic heterocycles. The minimum atomic E-state index is -0.349. The number of hydrogen-bond acceptors (Lipinski definition) is 6. The molecule has 0 radical (unpaired) electrons. The molecule has 0 fully saturated rings. The normalized spacial score (nSPS) is 10.9. The number of esters is 1. The molecule has 0 atom stereocenters. The summed E-state index contributed by atoms with van der Waals surface area (Å²) in [6.45, 7) is 4.59. The summed E-state index contributed by atoms with van der Waals surface area (Å²) < 4.78 is 6.65. The fraction of sp³-hybridized carbons (Fsp3) is 0.368. The fourth-order valence-electron chi connectivity index (χ4n) is 2.70. The van der Waals surface area contributed by atoms with Gasteiger partial charge >= 0.3 is 5.97 Å². The number of ether oxygens (including phenoxy) is 1. The summed E-state index contributed by atoms with van der Waals surface area (Å²) >= 11 is 1.53.